The van der Waals surface area contributed by atoms with E-state index >= 15 is 0 Å². The van der Waals surface area contributed by atoms with Gasteiger partial charge >= 0.3 is 0 Å². The van der Waals surface area contributed by atoms with Crippen LogP contribution in [-0.2, 0) is 17.6 Å². The molecule has 2 aliphatic heterocycles. The third-order valence-corrected chi connectivity index (χ3v) is 5.20. The molecule has 1 N–H and O–H groups in total. The molecule has 0 saturated carbocycles. The predicted molar refractivity (Wildman–Crippen MR) is 91.2 cm³/mol. The number of nitrogens with one attached hydrogen (secondary N) is 1. The Morgan fingerprint density at radius 1 is 1.00 bits per heavy atom. The Kier molecular flexibility index (Phi) is 3.66. The van der Waals surface area contributed by atoms with E-state index in [1.165, 1.54) is 22.3 Å². The van der Waals surface area contributed by atoms with Crippen LogP contribution in [0.5, 0.6) is 0 Å². The highest BCUT2D eigenvalue weighted by Gasteiger charge is 2.37. The summed E-state index contributed by atoms with van der Waals surface area (Å²) < 4.78 is 0. The highest BCUT2D eigenvalue weighted by atomic mass is 16.2. The van der Waals surface area contributed by atoms with E-state index in [1.807, 2.05) is 4.90 Å². The first-order valence-corrected chi connectivity index (χ1v) is 8.42. The van der Waals surface area contributed by atoms with Gasteiger partial charge in [-0.05, 0) is 41.6 Å². The van der Waals surface area contributed by atoms with Crippen LogP contribution in [0.4, 0.5) is 0 Å². The van der Waals surface area contributed by atoms with Crippen LogP contribution >= 0.6 is 0 Å². The van der Waals surface area contributed by atoms with E-state index in [-0.39, 0.29) is 18.0 Å². The Morgan fingerprint density at radius 2 is 1.65 bits per heavy atom. The second-order valence-corrected chi connectivity index (χ2v) is 6.49. The molecule has 1 amide bonds. The molecular formula is C20H22N2O. The van der Waals surface area contributed by atoms with Gasteiger partial charge < -0.3 is 10.2 Å². The van der Waals surface area contributed by atoms with Crippen LogP contribution in [0.15, 0.2) is 48.5 Å². The zero-order valence-electron chi connectivity index (χ0n) is 13.5. The first-order valence-electron chi connectivity index (χ1n) is 8.42. The highest BCUT2D eigenvalue weighted by molar-refractivity contribution is 5.74. The van der Waals surface area contributed by atoms with Crippen molar-refractivity contribution in [1.82, 2.24) is 10.2 Å². The fourth-order valence-electron chi connectivity index (χ4n) is 4.13. The Bertz CT molecular complexity index is 740. The van der Waals surface area contributed by atoms with Gasteiger partial charge in [0.05, 0.1) is 12.1 Å². The lowest BCUT2D eigenvalue weighted by atomic mass is 9.82. The first-order chi connectivity index (χ1) is 11.3. The second kappa shape index (κ2) is 5.82. The summed E-state index contributed by atoms with van der Waals surface area (Å²) in [5, 5.41) is 3.68. The van der Waals surface area contributed by atoms with Crippen molar-refractivity contribution in [3.8, 4) is 0 Å². The van der Waals surface area contributed by atoms with Crippen molar-refractivity contribution in [1.29, 1.82) is 0 Å². The average molecular weight is 306 g/mol. The molecule has 0 unspecified atom stereocenters. The Morgan fingerprint density at radius 3 is 2.39 bits per heavy atom. The van der Waals surface area contributed by atoms with Crippen LogP contribution in [0.3, 0.4) is 0 Å². The first kappa shape index (κ1) is 14.5. The van der Waals surface area contributed by atoms with Gasteiger partial charge in [0.2, 0.25) is 5.91 Å². The third kappa shape index (κ3) is 2.45. The van der Waals surface area contributed by atoms with Crippen molar-refractivity contribution in [2.45, 2.75) is 31.8 Å². The SMILES string of the molecule is CC(=O)N1CCc2ccccc2[C@H]1[C@H]1NCCc2ccccc21. The van der Waals surface area contributed by atoms with E-state index in [9.17, 15) is 4.79 Å². The lowest BCUT2D eigenvalue weighted by molar-refractivity contribution is -0.132. The largest absolute Gasteiger partial charge is 0.334 e. The molecule has 0 bridgehead atoms. The third-order valence-electron chi connectivity index (χ3n) is 5.20. The van der Waals surface area contributed by atoms with Gasteiger partial charge in [0, 0.05) is 13.5 Å². The van der Waals surface area contributed by atoms with Gasteiger partial charge in [0.1, 0.15) is 0 Å². The zero-order valence-corrected chi connectivity index (χ0v) is 13.5. The molecule has 3 nitrogen and oxygen atoms in total. The van der Waals surface area contributed by atoms with Crippen molar-refractivity contribution >= 4 is 5.91 Å². The molecule has 2 atom stereocenters. The number of carbonyl (C=O) groups is 1. The molecule has 0 radical (unpaired) electrons. The quantitative estimate of drug-likeness (QED) is 0.878. The molecule has 0 saturated heterocycles. The number of amides is 1. The summed E-state index contributed by atoms with van der Waals surface area (Å²) in [4.78, 5) is 14.3. The van der Waals surface area contributed by atoms with E-state index in [0.29, 0.717) is 0 Å². The zero-order chi connectivity index (χ0) is 15.8. The fraction of sp³-hybridized carbons (Fsp3) is 0.350. The van der Waals surface area contributed by atoms with Gasteiger partial charge in [-0.15, -0.1) is 0 Å². The maximum Gasteiger partial charge on any atom is 0.220 e. The average Bonchev–Trinajstić information content (AvgIpc) is 2.60. The van der Waals surface area contributed by atoms with Crippen LogP contribution in [0, 0.1) is 0 Å². The normalized spacial score (nSPS) is 23.1. The molecule has 2 heterocycles. The van der Waals surface area contributed by atoms with E-state index in [4.69, 9.17) is 0 Å². The minimum Gasteiger partial charge on any atom is -0.334 e. The van der Waals surface area contributed by atoms with E-state index < -0.39 is 0 Å². The minimum absolute atomic E-state index is 0.0823. The summed E-state index contributed by atoms with van der Waals surface area (Å²) in [7, 11) is 0. The molecule has 118 valence electrons. The molecule has 3 heteroatoms. The van der Waals surface area contributed by atoms with Crippen molar-refractivity contribution < 1.29 is 4.79 Å². The van der Waals surface area contributed by atoms with Gasteiger partial charge in [-0.1, -0.05) is 48.5 Å². The summed E-state index contributed by atoms with van der Waals surface area (Å²) in [5.41, 5.74) is 5.41. The number of rotatable bonds is 1. The maximum absolute atomic E-state index is 12.3. The molecule has 23 heavy (non-hydrogen) atoms. The number of hydrogen-bond donors (Lipinski definition) is 1. The topological polar surface area (TPSA) is 32.3 Å². The van der Waals surface area contributed by atoms with Gasteiger partial charge in [0.15, 0.2) is 0 Å². The molecule has 2 aromatic rings. The summed E-state index contributed by atoms with van der Waals surface area (Å²) in [6, 6.07) is 17.5. The Hall–Kier alpha value is -2.13. The molecule has 2 aromatic carbocycles. The van der Waals surface area contributed by atoms with Crippen LogP contribution < -0.4 is 5.32 Å². The molecule has 2 aliphatic rings. The van der Waals surface area contributed by atoms with Crippen molar-refractivity contribution in [2.24, 2.45) is 0 Å². The van der Waals surface area contributed by atoms with Gasteiger partial charge in [-0.25, -0.2) is 0 Å². The summed E-state index contributed by atoms with van der Waals surface area (Å²) in [5.74, 6) is 0.161. The molecule has 0 fully saturated rings. The number of fused-ring (bicyclic) bond motifs is 2. The van der Waals surface area contributed by atoms with Gasteiger partial charge in [0.25, 0.3) is 0 Å². The Labute approximate surface area is 137 Å². The van der Waals surface area contributed by atoms with Crippen molar-refractivity contribution in [3.63, 3.8) is 0 Å². The molecular weight excluding hydrogens is 284 g/mol. The van der Waals surface area contributed by atoms with Crippen LogP contribution in [0.25, 0.3) is 0 Å². The minimum atomic E-state index is 0.0823. The second-order valence-electron chi connectivity index (χ2n) is 6.49. The predicted octanol–water partition coefficient (Wildman–Crippen LogP) is 3.02. The van der Waals surface area contributed by atoms with Crippen LogP contribution in [0.1, 0.15) is 41.3 Å². The number of benzene rings is 2. The van der Waals surface area contributed by atoms with E-state index in [0.717, 1.165) is 25.9 Å². The van der Waals surface area contributed by atoms with Crippen LogP contribution in [0.2, 0.25) is 0 Å². The molecule has 0 spiro atoms. The Balaban J connectivity index is 1.83. The van der Waals surface area contributed by atoms with Crippen molar-refractivity contribution in [2.75, 3.05) is 13.1 Å². The molecule has 0 aromatic heterocycles. The van der Waals surface area contributed by atoms with Gasteiger partial charge in [-0.3, -0.25) is 4.79 Å². The maximum atomic E-state index is 12.3. The molecule has 0 aliphatic carbocycles. The van der Waals surface area contributed by atoms with E-state index in [1.54, 1.807) is 6.92 Å². The monoisotopic (exact) mass is 306 g/mol. The lowest BCUT2D eigenvalue weighted by Crippen LogP contribution is -2.46. The smallest absolute Gasteiger partial charge is 0.220 e. The standard InChI is InChI=1S/C20H22N2O/c1-14(23)22-13-11-16-7-3-5-9-18(16)20(22)19-17-8-4-2-6-15(17)10-12-21-19/h2-9,19-21H,10-13H2,1H3/t19-,20-/m0/s1. The number of nitrogens with zero attached hydrogens (tertiary/aromatic N) is 1. The lowest BCUT2D eigenvalue weighted by Gasteiger charge is -2.43. The number of carbonyl (C=O) groups excluding carboxylic acids is 1. The number of hydrogen-bond acceptors (Lipinski definition) is 2. The molecule has 4 rings (SSSR count). The highest BCUT2D eigenvalue weighted by Crippen LogP contribution is 2.41. The summed E-state index contributed by atoms with van der Waals surface area (Å²) in [6.07, 6.45) is 2.00. The van der Waals surface area contributed by atoms with Crippen LogP contribution in [-0.4, -0.2) is 23.9 Å². The summed E-state index contributed by atoms with van der Waals surface area (Å²) >= 11 is 0. The van der Waals surface area contributed by atoms with E-state index in [2.05, 4.69) is 53.8 Å². The van der Waals surface area contributed by atoms with Crippen molar-refractivity contribution in [3.05, 3.63) is 70.8 Å². The summed E-state index contributed by atoms with van der Waals surface area (Å²) in [6.45, 7) is 3.46. The fourth-order valence-corrected chi connectivity index (χ4v) is 4.13. The van der Waals surface area contributed by atoms with Gasteiger partial charge in [-0.2, -0.15) is 0 Å².